The van der Waals surface area contributed by atoms with Crippen LogP contribution in [0.25, 0.3) is 0 Å². The summed E-state index contributed by atoms with van der Waals surface area (Å²) in [6.45, 7) is 4.78. The summed E-state index contributed by atoms with van der Waals surface area (Å²) < 4.78 is 5.36. The van der Waals surface area contributed by atoms with Crippen LogP contribution >= 0.6 is 0 Å². The molecule has 4 heteroatoms. The highest BCUT2D eigenvalue weighted by atomic mass is 16.5. The second kappa shape index (κ2) is 7.74. The van der Waals surface area contributed by atoms with Crippen LogP contribution in [0, 0.1) is 5.92 Å². The summed E-state index contributed by atoms with van der Waals surface area (Å²) >= 11 is 0. The van der Waals surface area contributed by atoms with Gasteiger partial charge in [0.2, 0.25) is 0 Å². The van der Waals surface area contributed by atoms with Gasteiger partial charge >= 0.3 is 6.41 Å². The molecule has 18 heavy (non-hydrogen) atoms. The van der Waals surface area contributed by atoms with E-state index in [1.807, 2.05) is 4.90 Å². The molecule has 0 spiro atoms. The van der Waals surface area contributed by atoms with Crippen molar-refractivity contribution >= 4 is 6.41 Å². The number of nitrogens with one attached hydrogen (secondary N) is 1. The zero-order chi connectivity index (χ0) is 12.6. The summed E-state index contributed by atoms with van der Waals surface area (Å²) in [6.07, 6.45) is 9.02. The topological polar surface area (TPSA) is 41.6 Å². The van der Waals surface area contributed by atoms with Crippen LogP contribution in [0.4, 0.5) is 0 Å². The molecule has 1 radical (unpaired) electrons. The Morgan fingerprint density at radius 1 is 1.17 bits per heavy atom. The lowest BCUT2D eigenvalue weighted by atomic mass is 9.94. The summed E-state index contributed by atoms with van der Waals surface area (Å²) in [6, 6.07) is 0.415. The van der Waals surface area contributed by atoms with Gasteiger partial charge in [0.05, 0.1) is 0 Å². The maximum absolute atomic E-state index is 11.0. The molecule has 2 rings (SSSR count). The zero-order valence-electron chi connectivity index (χ0n) is 11.2. The molecule has 2 aliphatic rings. The van der Waals surface area contributed by atoms with Crippen molar-refractivity contribution in [2.45, 2.75) is 44.6 Å². The van der Waals surface area contributed by atoms with E-state index < -0.39 is 0 Å². The van der Waals surface area contributed by atoms with Gasteiger partial charge in [0.15, 0.2) is 0 Å². The summed E-state index contributed by atoms with van der Waals surface area (Å²) in [4.78, 5) is 12.9. The molecular weight excluding hydrogens is 228 g/mol. The summed E-state index contributed by atoms with van der Waals surface area (Å²) in [5.74, 6) is 0.806. The van der Waals surface area contributed by atoms with E-state index >= 15 is 0 Å². The predicted octanol–water partition coefficient (Wildman–Crippen LogP) is 1.31. The Labute approximate surface area is 110 Å². The van der Waals surface area contributed by atoms with Gasteiger partial charge in [-0.1, -0.05) is 0 Å². The third-order valence-corrected chi connectivity index (χ3v) is 4.22. The Morgan fingerprint density at radius 3 is 2.56 bits per heavy atom. The minimum absolute atomic E-state index is 0.415. The first-order chi connectivity index (χ1) is 8.90. The first-order valence-electron chi connectivity index (χ1n) is 7.33. The van der Waals surface area contributed by atoms with Gasteiger partial charge in [0.25, 0.3) is 0 Å². The molecule has 0 aliphatic carbocycles. The monoisotopic (exact) mass is 253 g/mol. The molecule has 103 valence electrons. The van der Waals surface area contributed by atoms with Crippen molar-refractivity contribution < 1.29 is 9.53 Å². The van der Waals surface area contributed by atoms with Gasteiger partial charge in [-0.15, -0.1) is 0 Å². The van der Waals surface area contributed by atoms with E-state index in [9.17, 15) is 4.79 Å². The number of piperidine rings is 1. The number of rotatable bonds is 6. The van der Waals surface area contributed by atoms with Crippen LogP contribution in [0.15, 0.2) is 0 Å². The molecule has 2 fully saturated rings. The third kappa shape index (κ3) is 4.25. The largest absolute Gasteiger partial charge is 0.381 e. The molecule has 2 saturated heterocycles. The lowest BCUT2D eigenvalue weighted by Crippen LogP contribution is -2.42. The molecule has 0 bridgehead atoms. The summed E-state index contributed by atoms with van der Waals surface area (Å²) in [7, 11) is 0. The quantitative estimate of drug-likeness (QED) is 0.726. The molecule has 2 aliphatic heterocycles. The van der Waals surface area contributed by atoms with E-state index in [1.165, 1.54) is 19.3 Å². The highest BCUT2D eigenvalue weighted by molar-refractivity contribution is 5.48. The third-order valence-electron chi connectivity index (χ3n) is 4.22. The molecular formula is C14H25N2O2. The molecule has 0 aromatic heterocycles. The highest BCUT2D eigenvalue weighted by Gasteiger charge is 2.20. The molecule has 4 nitrogen and oxygen atoms in total. The van der Waals surface area contributed by atoms with E-state index in [0.29, 0.717) is 6.04 Å². The number of hydrogen-bond acceptors (Lipinski definition) is 3. The number of ether oxygens (including phenoxy) is 1. The van der Waals surface area contributed by atoms with Crippen LogP contribution < -0.4 is 5.32 Å². The number of amides is 1. The summed E-state index contributed by atoms with van der Waals surface area (Å²) in [5.41, 5.74) is 0. The number of carbonyl (C=O) groups excluding carboxylic acids is 1. The van der Waals surface area contributed by atoms with Crippen molar-refractivity contribution in [3.63, 3.8) is 0 Å². The smallest absolute Gasteiger partial charge is 0.312 e. The van der Waals surface area contributed by atoms with Crippen molar-refractivity contribution in [3.8, 4) is 0 Å². The Kier molecular flexibility index (Phi) is 5.94. The Hall–Kier alpha value is -0.610. The van der Waals surface area contributed by atoms with Crippen LogP contribution in [0.1, 0.15) is 38.5 Å². The van der Waals surface area contributed by atoms with Crippen LogP contribution in [0.5, 0.6) is 0 Å². The van der Waals surface area contributed by atoms with Gasteiger partial charge in [0.1, 0.15) is 0 Å². The van der Waals surface area contributed by atoms with Crippen molar-refractivity contribution in [1.82, 2.24) is 10.2 Å². The fourth-order valence-corrected chi connectivity index (χ4v) is 3.01. The van der Waals surface area contributed by atoms with Gasteiger partial charge in [-0.25, -0.2) is 0 Å². The SMILES string of the molecule is O=[C]N(CCCC1CCOCC1)C1CCNCC1. The first-order valence-corrected chi connectivity index (χ1v) is 7.33. The molecule has 0 atom stereocenters. The number of hydrogen-bond donors (Lipinski definition) is 1. The average molecular weight is 253 g/mol. The predicted molar refractivity (Wildman–Crippen MR) is 71.1 cm³/mol. The van der Waals surface area contributed by atoms with Gasteiger partial charge in [-0.2, -0.15) is 0 Å². The minimum Gasteiger partial charge on any atom is -0.381 e. The molecule has 1 amide bonds. The van der Waals surface area contributed by atoms with Crippen LogP contribution in [0.2, 0.25) is 0 Å². The molecule has 0 unspecified atom stereocenters. The van der Waals surface area contributed by atoms with Crippen molar-refractivity contribution in [2.75, 3.05) is 32.8 Å². The lowest BCUT2D eigenvalue weighted by Gasteiger charge is -2.31. The number of nitrogens with zero attached hydrogens (tertiary/aromatic N) is 1. The maximum atomic E-state index is 11.0. The Balaban J connectivity index is 1.64. The fourth-order valence-electron chi connectivity index (χ4n) is 3.01. The first kappa shape index (κ1) is 13.8. The van der Waals surface area contributed by atoms with E-state index in [2.05, 4.69) is 11.7 Å². The van der Waals surface area contributed by atoms with Crippen LogP contribution in [0.3, 0.4) is 0 Å². The van der Waals surface area contributed by atoms with E-state index in [4.69, 9.17) is 4.74 Å². The van der Waals surface area contributed by atoms with Gasteiger partial charge in [-0.05, 0) is 57.5 Å². The zero-order valence-corrected chi connectivity index (χ0v) is 11.2. The normalized spacial score (nSPS) is 22.9. The molecule has 2 heterocycles. The molecule has 0 saturated carbocycles. The van der Waals surface area contributed by atoms with Crippen molar-refractivity contribution in [3.05, 3.63) is 0 Å². The van der Waals surface area contributed by atoms with Crippen LogP contribution in [-0.2, 0) is 9.53 Å². The Morgan fingerprint density at radius 2 is 1.89 bits per heavy atom. The highest BCUT2D eigenvalue weighted by Crippen LogP contribution is 2.20. The van der Waals surface area contributed by atoms with Crippen molar-refractivity contribution in [1.29, 1.82) is 0 Å². The van der Waals surface area contributed by atoms with Gasteiger partial charge in [0, 0.05) is 25.8 Å². The van der Waals surface area contributed by atoms with Crippen molar-refractivity contribution in [2.24, 2.45) is 5.92 Å². The summed E-state index contributed by atoms with van der Waals surface area (Å²) in [5, 5.41) is 3.33. The fraction of sp³-hybridized carbons (Fsp3) is 0.929. The molecule has 0 aromatic carbocycles. The van der Waals surface area contributed by atoms with E-state index in [-0.39, 0.29) is 0 Å². The average Bonchev–Trinajstić information content (AvgIpc) is 2.46. The second-order valence-electron chi connectivity index (χ2n) is 5.46. The van der Waals surface area contributed by atoms with Gasteiger partial charge in [-0.3, -0.25) is 4.79 Å². The standard InChI is InChI=1S/C14H25N2O2/c17-12-16(14-3-7-15-8-4-14)9-1-2-13-5-10-18-11-6-13/h13-15H,1-11H2. The minimum atomic E-state index is 0.415. The molecule has 0 aromatic rings. The second-order valence-corrected chi connectivity index (χ2v) is 5.46. The van der Waals surface area contributed by atoms with Gasteiger partial charge < -0.3 is 15.0 Å². The molecule has 1 N–H and O–H groups in total. The van der Waals surface area contributed by atoms with E-state index in [0.717, 1.165) is 58.0 Å². The van der Waals surface area contributed by atoms with E-state index in [1.54, 1.807) is 0 Å². The maximum Gasteiger partial charge on any atom is 0.312 e. The van der Waals surface area contributed by atoms with Crippen LogP contribution in [-0.4, -0.2) is 50.2 Å². The lowest BCUT2D eigenvalue weighted by molar-refractivity contribution is 0.0624. The Bertz CT molecular complexity index is 236.